The Hall–Kier alpha value is -1.89. The second-order valence-corrected chi connectivity index (χ2v) is 7.56. The molecule has 0 saturated heterocycles. The lowest BCUT2D eigenvalue weighted by molar-refractivity contribution is -0.116. The molecule has 7 heteroatoms. The fraction of sp³-hybridized carbons (Fsp3) is 0.188. The molecule has 0 heterocycles. The third-order valence-electron chi connectivity index (χ3n) is 3.28. The van der Waals surface area contributed by atoms with Crippen molar-refractivity contribution in [3.05, 3.63) is 59.1 Å². The predicted octanol–water partition coefficient (Wildman–Crippen LogP) is 2.91. The van der Waals surface area contributed by atoms with Crippen molar-refractivity contribution in [2.75, 3.05) is 18.9 Å². The van der Waals surface area contributed by atoms with Gasteiger partial charge in [0.15, 0.2) is 0 Å². The van der Waals surface area contributed by atoms with Gasteiger partial charge in [-0.1, -0.05) is 29.8 Å². The Morgan fingerprint density at radius 2 is 1.83 bits per heavy atom. The van der Waals surface area contributed by atoms with Crippen molar-refractivity contribution >= 4 is 33.2 Å². The predicted molar refractivity (Wildman–Crippen MR) is 91.1 cm³/mol. The summed E-state index contributed by atoms with van der Waals surface area (Å²) in [5, 5.41) is 3.26. The van der Waals surface area contributed by atoms with Gasteiger partial charge in [-0.3, -0.25) is 4.79 Å². The quantitative estimate of drug-likeness (QED) is 0.899. The normalized spacial score (nSPS) is 11.5. The summed E-state index contributed by atoms with van der Waals surface area (Å²) < 4.78 is 25.7. The van der Waals surface area contributed by atoms with Crippen LogP contribution >= 0.6 is 11.6 Å². The molecule has 0 saturated carbocycles. The van der Waals surface area contributed by atoms with Gasteiger partial charge in [0.1, 0.15) is 0 Å². The lowest BCUT2D eigenvalue weighted by atomic mass is 10.2. The van der Waals surface area contributed by atoms with E-state index >= 15 is 0 Å². The number of rotatable bonds is 5. The molecule has 0 unspecified atom stereocenters. The molecule has 0 aromatic heterocycles. The molecule has 1 amide bonds. The molecule has 122 valence electrons. The smallest absolute Gasteiger partial charge is 0.243 e. The summed E-state index contributed by atoms with van der Waals surface area (Å²) in [6, 6.07) is 13.1. The van der Waals surface area contributed by atoms with Gasteiger partial charge in [-0.15, -0.1) is 0 Å². The van der Waals surface area contributed by atoms with Gasteiger partial charge in [0.05, 0.1) is 11.4 Å². The van der Waals surface area contributed by atoms with Crippen molar-refractivity contribution in [3.8, 4) is 0 Å². The molecule has 0 aliphatic carbocycles. The molecule has 2 rings (SSSR count). The van der Waals surface area contributed by atoms with Crippen molar-refractivity contribution in [2.45, 2.75) is 11.8 Å². The number of carbonyl (C=O) groups is 1. The first kappa shape index (κ1) is 17.5. The third kappa shape index (κ3) is 4.31. The van der Waals surface area contributed by atoms with Crippen LogP contribution in [-0.4, -0.2) is 32.2 Å². The molecule has 0 aliphatic rings. The Bertz CT molecular complexity index is 807. The van der Waals surface area contributed by atoms with E-state index in [0.29, 0.717) is 10.7 Å². The monoisotopic (exact) mass is 352 g/mol. The van der Waals surface area contributed by atoms with Crippen molar-refractivity contribution in [2.24, 2.45) is 0 Å². The van der Waals surface area contributed by atoms with Gasteiger partial charge in [-0.05, 0) is 42.8 Å². The Labute approximate surface area is 140 Å². The number of likely N-dealkylation sites (N-methyl/N-ethyl adjacent to an activating group) is 1. The van der Waals surface area contributed by atoms with Crippen LogP contribution in [-0.2, 0) is 14.8 Å². The first-order chi connectivity index (χ1) is 10.8. The van der Waals surface area contributed by atoms with Crippen molar-refractivity contribution < 1.29 is 13.2 Å². The molecule has 0 bridgehead atoms. The van der Waals surface area contributed by atoms with Crippen molar-refractivity contribution in [1.82, 2.24) is 4.31 Å². The second-order valence-electron chi connectivity index (χ2n) is 5.08. The number of hydrogen-bond donors (Lipinski definition) is 1. The zero-order valence-electron chi connectivity index (χ0n) is 12.8. The third-order valence-corrected chi connectivity index (χ3v) is 5.33. The van der Waals surface area contributed by atoms with Crippen molar-refractivity contribution in [3.63, 3.8) is 0 Å². The van der Waals surface area contributed by atoms with Crippen LogP contribution in [0.3, 0.4) is 0 Å². The number of halogens is 1. The minimum atomic E-state index is -3.69. The Morgan fingerprint density at radius 3 is 2.43 bits per heavy atom. The van der Waals surface area contributed by atoms with E-state index in [2.05, 4.69) is 5.32 Å². The van der Waals surface area contributed by atoms with E-state index in [0.717, 1.165) is 9.87 Å². The standard InChI is InChI=1S/C16H17ClN2O3S/c1-12-10-13(17)8-9-15(12)18-16(20)11-19(2)23(21,22)14-6-4-3-5-7-14/h3-10H,11H2,1-2H3,(H,18,20). The molecule has 0 spiro atoms. The van der Waals surface area contributed by atoms with Crippen LogP contribution in [0.2, 0.25) is 5.02 Å². The molecule has 0 aliphatic heterocycles. The van der Waals surface area contributed by atoms with Crippen LogP contribution in [0.15, 0.2) is 53.4 Å². The highest BCUT2D eigenvalue weighted by Gasteiger charge is 2.22. The average molecular weight is 353 g/mol. The summed E-state index contributed by atoms with van der Waals surface area (Å²) in [7, 11) is -2.32. The lowest BCUT2D eigenvalue weighted by Crippen LogP contribution is -2.35. The number of aryl methyl sites for hydroxylation is 1. The van der Waals surface area contributed by atoms with E-state index in [9.17, 15) is 13.2 Å². The van der Waals surface area contributed by atoms with Gasteiger partial charge >= 0.3 is 0 Å². The summed E-state index contributed by atoms with van der Waals surface area (Å²) in [5.74, 6) is -0.419. The first-order valence-electron chi connectivity index (χ1n) is 6.88. The molecule has 1 N–H and O–H groups in total. The lowest BCUT2D eigenvalue weighted by Gasteiger charge is -2.17. The Kier molecular flexibility index (Phi) is 5.41. The van der Waals surface area contributed by atoms with E-state index in [1.165, 1.54) is 19.2 Å². The maximum atomic E-state index is 12.4. The second kappa shape index (κ2) is 7.12. The van der Waals surface area contributed by atoms with Gasteiger partial charge in [-0.2, -0.15) is 4.31 Å². The maximum absolute atomic E-state index is 12.4. The number of benzene rings is 2. The highest BCUT2D eigenvalue weighted by molar-refractivity contribution is 7.89. The molecular weight excluding hydrogens is 336 g/mol. The largest absolute Gasteiger partial charge is 0.325 e. The minimum Gasteiger partial charge on any atom is -0.325 e. The molecule has 0 fully saturated rings. The topological polar surface area (TPSA) is 66.5 Å². The first-order valence-corrected chi connectivity index (χ1v) is 8.70. The SMILES string of the molecule is Cc1cc(Cl)ccc1NC(=O)CN(C)S(=O)(=O)c1ccccc1. The van der Waals surface area contributed by atoms with Crippen molar-refractivity contribution in [1.29, 1.82) is 0 Å². The molecule has 5 nitrogen and oxygen atoms in total. The molecule has 0 atom stereocenters. The number of nitrogens with zero attached hydrogens (tertiary/aromatic N) is 1. The van der Waals surface area contributed by atoms with Crippen LogP contribution in [0.25, 0.3) is 0 Å². The van der Waals surface area contributed by atoms with Crippen LogP contribution in [0.5, 0.6) is 0 Å². The molecule has 2 aromatic rings. The Balaban J connectivity index is 2.08. The van der Waals surface area contributed by atoms with Gasteiger partial charge in [-0.25, -0.2) is 8.42 Å². The zero-order valence-corrected chi connectivity index (χ0v) is 14.4. The van der Waals surface area contributed by atoms with E-state index < -0.39 is 15.9 Å². The highest BCUT2D eigenvalue weighted by Crippen LogP contribution is 2.20. The number of carbonyl (C=O) groups excluding carboxylic acids is 1. The van der Waals surface area contributed by atoms with E-state index in [1.54, 1.807) is 36.4 Å². The van der Waals surface area contributed by atoms with Gasteiger partial charge in [0.2, 0.25) is 15.9 Å². The summed E-state index contributed by atoms with van der Waals surface area (Å²) in [6.45, 7) is 1.53. The summed E-state index contributed by atoms with van der Waals surface area (Å²) in [4.78, 5) is 12.2. The summed E-state index contributed by atoms with van der Waals surface area (Å²) >= 11 is 5.87. The number of hydrogen-bond acceptors (Lipinski definition) is 3. The average Bonchev–Trinajstić information content (AvgIpc) is 2.51. The Morgan fingerprint density at radius 1 is 1.17 bits per heavy atom. The summed E-state index contributed by atoms with van der Waals surface area (Å²) in [5.41, 5.74) is 1.41. The van der Waals surface area contributed by atoms with Crippen LogP contribution in [0.4, 0.5) is 5.69 Å². The number of sulfonamides is 1. The van der Waals surface area contributed by atoms with Gasteiger partial charge in [0, 0.05) is 17.8 Å². The highest BCUT2D eigenvalue weighted by atomic mass is 35.5. The molecule has 0 radical (unpaired) electrons. The molecule has 2 aromatic carbocycles. The summed E-state index contributed by atoms with van der Waals surface area (Å²) in [6.07, 6.45) is 0. The number of anilines is 1. The molecule has 23 heavy (non-hydrogen) atoms. The van der Waals surface area contributed by atoms with Crippen LogP contribution < -0.4 is 5.32 Å². The van der Waals surface area contributed by atoms with Gasteiger partial charge in [0.25, 0.3) is 0 Å². The van der Waals surface area contributed by atoms with E-state index in [1.807, 2.05) is 6.92 Å². The fourth-order valence-electron chi connectivity index (χ4n) is 2.02. The van der Waals surface area contributed by atoms with Crippen LogP contribution in [0.1, 0.15) is 5.56 Å². The molecular formula is C16H17ClN2O3S. The van der Waals surface area contributed by atoms with E-state index in [4.69, 9.17) is 11.6 Å². The maximum Gasteiger partial charge on any atom is 0.243 e. The fourth-order valence-corrected chi connectivity index (χ4v) is 3.39. The van der Waals surface area contributed by atoms with Crippen LogP contribution in [0, 0.1) is 6.92 Å². The zero-order chi connectivity index (χ0) is 17.0. The van der Waals surface area contributed by atoms with E-state index in [-0.39, 0.29) is 11.4 Å². The number of nitrogens with one attached hydrogen (secondary N) is 1. The number of amides is 1. The minimum absolute atomic E-state index is 0.151. The van der Waals surface area contributed by atoms with Gasteiger partial charge < -0.3 is 5.32 Å².